The van der Waals surface area contributed by atoms with Crippen LogP contribution in [0.15, 0.2) is 18.2 Å². The lowest BCUT2D eigenvalue weighted by molar-refractivity contribution is -0.138. The third kappa shape index (κ3) is 3.92. The highest BCUT2D eigenvalue weighted by Crippen LogP contribution is 2.32. The first kappa shape index (κ1) is 15.7. The molecule has 0 unspecified atom stereocenters. The second-order valence-corrected chi connectivity index (χ2v) is 4.87. The Morgan fingerprint density at radius 2 is 2.14 bits per heavy atom. The van der Waals surface area contributed by atoms with Gasteiger partial charge >= 0.3 is 6.18 Å². The fourth-order valence-electron chi connectivity index (χ4n) is 2.19. The van der Waals surface area contributed by atoms with Crippen LogP contribution in [-0.4, -0.2) is 29.7 Å². The molecule has 1 fully saturated rings. The van der Waals surface area contributed by atoms with Crippen LogP contribution >= 0.6 is 0 Å². The predicted molar refractivity (Wildman–Crippen MR) is 65.7 cm³/mol. The maximum absolute atomic E-state index is 12.9. The van der Waals surface area contributed by atoms with E-state index in [1.54, 1.807) is 0 Å². The van der Waals surface area contributed by atoms with Gasteiger partial charge in [-0.1, -0.05) is 6.07 Å². The second-order valence-electron chi connectivity index (χ2n) is 4.87. The molecule has 0 spiro atoms. The van der Waals surface area contributed by atoms with Gasteiger partial charge in [0.25, 0.3) is 0 Å². The van der Waals surface area contributed by atoms with Gasteiger partial charge in [0.2, 0.25) is 5.91 Å². The minimum Gasteiger partial charge on any atom is -0.392 e. The fraction of sp³-hybridized carbons (Fsp3) is 0.462. The zero-order valence-electron chi connectivity index (χ0n) is 10.9. The summed E-state index contributed by atoms with van der Waals surface area (Å²) in [5.41, 5.74) is -1.32. The van der Waals surface area contributed by atoms with E-state index >= 15 is 0 Å². The third-order valence-electron chi connectivity index (χ3n) is 3.25. The first-order chi connectivity index (χ1) is 9.77. The molecule has 0 saturated carbocycles. The van der Waals surface area contributed by atoms with Gasteiger partial charge < -0.3 is 15.7 Å². The Hall–Kier alpha value is -1.67. The van der Waals surface area contributed by atoms with Crippen LogP contribution < -0.4 is 10.6 Å². The molecule has 4 nitrogen and oxygen atoms in total. The van der Waals surface area contributed by atoms with Crippen molar-refractivity contribution in [3.63, 3.8) is 0 Å². The SMILES string of the molecule is O=C(NCc1ccc(F)cc1C(F)(F)F)[C@@H]1C[C@H](O)CN1. The summed E-state index contributed by atoms with van der Waals surface area (Å²) in [4.78, 5) is 11.8. The number of carbonyl (C=O) groups is 1. The van der Waals surface area contributed by atoms with Crippen molar-refractivity contribution in [2.75, 3.05) is 6.54 Å². The summed E-state index contributed by atoms with van der Waals surface area (Å²) < 4.78 is 51.3. The van der Waals surface area contributed by atoms with E-state index in [9.17, 15) is 27.5 Å². The van der Waals surface area contributed by atoms with Crippen LogP contribution in [-0.2, 0) is 17.5 Å². The molecule has 1 heterocycles. The lowest BCUT2D eigenvalue weighted by Crippen LogP contribution is -2.40. The number of hydrogen-bond donors (Lipinski definition) is 3. The number of halogens is 4. The van der Waals surface area contributed by atoms with Crippen molar-refractivity contribution in [1.29, 1.82) is 0 Å². The lowest BCUT2D eigenvalue weighted by Gasteiger charge is -2.15. The van der Waals surface area contributed by atoms with Crippen LogP contribution in [0.4, 0.5) is 17.6 Å². The largest absolute Gasteiger partial charge is 0.416 e. The van der Waals surface area contributed by atoms with E-state index in [0.29, 0.717) is 6.07 Å². The standard InChI is InChI=1S/C13H14F4N2O2/c14-8-2-1-7(10(3-8)13(15,16)17)5-19-12(21)11-4-9(20)6-18-11/h1-3,9,11,18,20H,4-6H2,(H,19,21)/t9-,11-/m0/s1. The van der Waals surface area contributed by atoms with E-state index in [-0.39, 0.29) is 25.1 Å². The van der Waals surface area contributed by atoms with E-state index in [4.69, 9.17) is 0 Å². The minimum absolute atomic E-state index is 0.210. The summed E-state index contributed by atoms with van der Waals surface area (Å²) in [6.45, 7) is -0.0926. The Balaban J connectivity index is 2.05. The Labute approximate surface area is 118 Å². The van der Waals surface area contributed by atoms with Gasteiger partial charge in [-0.05, 0) is 24.1 Å². The van der Waals surface area contributed by atoms with E-state index in [1.807, 2.05) is 0 Å². The van der Waals surface area contributed by atoms with Crippen LogP contribution in [0.3, 0.4) is 0 Å². The van der Waals surface area contributed by atoms with Gasteiger partial charge in [-0.2, -0.15) is 13.2 Å². The number of rotatable bonds is 3. The fourth-order valence-corrected chi connectivity index (χ4v) is 2.19. The van der Waals surface area contributed by atoms with Crippen molar-refractivity contribution < 1.29 is 27.5 Å². The number of benzene rings is 1. The Kier molecular flexibility index (Phi) is 4.48. The van der Waals surface area contributed by atoms with Crippen molar-refractivity contribution >= 4 is 5.91 Å². The molecule has 1 aromatic carbocycles. The molecule has 3 N–H and O–H groups in total. The Morgan fingerprint density at radius 3 is 2.71 bits per heavy atom. The molecule has 1 aliphatic rings. The molecule has 0 aliphatic carbocycles. The molecule has 1 amide bonds. The number of amides is 1. The van der Waals surface area contributed by atoms with E-state index in [2.05, 4.69) is 10.6 Å². The van der Waals surface area contributed by atoms with Gasteiger partial charge in [0.15, 0.2) is 0 Å². The van der Waals surface area contributed by atoms with Crippen molar-refractivity contribution in [2.24, 2.45) is 0 Å². The van der Waals surface area contributed by atoms with Crippen LogP contribution in [0.5, 0.6) is 0 Å². The highest BCUT2D eigenvalue weighted by molar-refractivity contribution is 5.82. The molecule has 8 heteroatoms. The topological polar surface area (TPSA) is 61.4 Å². The second kappa shape index (κ2) is 5.98. The summed E-state index contributed by atoms with van der Waals surface area (Å²) in [6.07, 6.45) is -5.12. The monoisotopic (exact) mass is 306 g/mol. The van der Waals surface area contributed by atoms with Gasteiger partial charge in [-0.15, -0.1) is 0 Å². The average Bonchev–Trinajstić information content (AvgIpc) is 2.82. The molecule has 1 saturated heterocycles. The maximum atomic E-state index is 12.9. The van der Waals surface area contributed by atoms with Gasteiger partial charge in [-0.3, -0.25) is 4.79 Å². The zero-order chi connectivity index (χ0) is 15.6. The predicted octanol–water partition coefficient (Wildman–Crippen LogP) is 1.18. The Morgan fingerprint density at radius 1 is 1.43 bits per heavy atom. The highest BCUT2D eigenvalue weighted by Gasteiger charge is 2.34. The molecule has 0 radical (unpaired) electrons. The number of alkyl halides is 3. The van der Waals surface area contributed by atoms with Crippen molar-refractivity contribution in [3.8, 4) is 0 Å². The Bertz CT molecular complexity index is 533. The summed E-state index contributed by atoms with van der Waals surface area (Å²) in [5.74, 6) is -1.48. The van der Waals surface area contributed by atoms with Crippen molar-refractivity contribution in [1.82, 2.24) is 10.6 Å². The van der Waals surface area contributed by atoms with Crippen LogP contribution in [0.25, 0.3) is 0 Å². The summed E-state index contributed by atoms with van der Waals surface area (Å²) in [6, 6.07) is 1.68. The van der Waals surface area contributed by atoms with E-state index in [0.717, 1.165) is 12.1 Å². The number of hydrogen-bond acceptors (Lipinski definition) is 3. The summed E-state index contributed by atoms with van der Waals surface area (Å²) in [7, 11) is 0. The molecule has 2 rings (SSSR count). The molecule has 116 valence electrons. The molecule has 0 bridgehead atoms. The summed E-state index contributed by atoms with van der Waals surface area (Å²) in [5, 5.41) is 14.4. The van der Waals surface area contributed by atoms with Gasteiger partial charge in [0.1, 0.15) is 5.82 Å². The van der Waals surface area contributed by atoms with Crippen molar-refractivity contribution in [3.05, 3.63) is 35.1 Å². The van der Waals surface area contributed by atoms with E-state index < -0.39 is 35.6 Å². The molecular weight excluding hydrogens is 292 g/mol. The molecule has 0 aromatic heterocycles. The molecular formula is C13H14F4N2O2. The highest BCUT2D eigenvalue weighted by atomic mass is 19.4. The van der Waals surface area contributed by atoms with Gasteiger partial charge in [0.05, 0.1) is 17.7 Å². The van der Waals surface area contributed by atoms with E-state index in [1.165, 1.54) is 0 Å². The quantitative estimate of drug-likeness (QED) is 0.735. The average molecular weight is 306 g/mol. The normalized spacial score (nSPS) is 22.3. The molecule has 1 aromatic rings. The number of β-amino-alcohol motifs (C(OH)–C–C–N with tert-alkyl or cyclic N) is 1. The lowest BCUT2D eigenvalue weighted by atomic mass is 10.1. The smallest absolute Gasteiger partial charge is 0.392 e. The van der Waals surface area contributed by atoms with Crippen LogP contribution in [0.1, 0.15) is 17.5 Å². The first-order valence-corrected chi connectivity index (χ1v) is 6.32. The maximum Gasteiger partial charge on any atom is 0.416 e. The number of aliphatic hydroxyl groups excluding tert-OH is 1. The molecule has 1 aliphatic heterocycles. The third-order valence-corrected chi connectivity index (χ3v) is 3.25. The van der Waals surface area contributed by atoms with Gasteiger partial charge in [0, 0.05) is 13.1 Å². The zero-order valence-corrected chi connectivity index (χ0v) is 10.9. The van der Waals surface area contributed by atoms with Crippen LogP contribution in [0, 0.1) is 5.82 Å². The minimum atomic E-state index is -4.69. The number of aliphatic hydroxyl groups is 1. The molecule has 2 atom stereocenters. The first-order valence-electron chi connectivity index (χ1n) is 6.32. The number of nitrogens with one attached hydrogen (secondary N) is 2. The number of carbonyl (C=O) groups excluding carboxylic acids is 1. The van der Waals surface area contributed by atoms with Crippen molar-refractivity contribution in [2.45, 2.75) is 31.3 Å². The summed E-state index contributed by atoms with van der Waals surface area (Å²) >= 11 is 0. The molecule has 21 heavy (non-hydrogen) atoms. The van der Waals surface area contributed by atoms with Crippen LogP contribution in [0.2, 0.25) is 0 Å². The van der Waals surface area contributed by atoms with Gasteiger partial charge in [-0.25, -0.2) is 4.39 Å².